The normalized spacial score (nSPS) is 14.2. The van der Waals surface area contributed by atoms with Crippen molar-refractivity contribution in [3.8, 4) is 23.0 Å². The van der Waals surface area contributed by atoms with Crippen molar-refractivity contribution in [1.29, 1.82) is 0 Å². The third-order valence-corrected chi connectivity index (χ3v) is 8.94. The Morgan fingerprint density at radius 2 is 1.67 bits per heavy atom. The minimum atomic E-state index is -0.823. The summed E-state index contributed by atoms with van der Waals surface area (Å²) in [5.41, 5.74) is 1.85. The lowest BCUT2D eigenvalue weighted by Crippen LogP contribution is -2.39. The Bertz CT molecular complexity index is 2010. The average Bonchev–Trinajstić information content (AvgIpc) is 3.36. The summed E-state index contributed by atoms with van der Waals surface area (Å²) in [7, 11) is 2.78. The number of carbonyl (C=O) groups excluding carboxylic acids is 1. The maximum atomic E-state index is 14.0. The van der Waals surface area contributed by atoms with Crippen LogP contribution in [0, 0.1) is 0 Å². The fourth-order valence-electron chi connectivity index (χ4n) is 4.89. The molecule has 0 amide bonds. The van der Waals surface area contributed by atoms with Crippen molar-refractivity contribution in [2.45, 2.75) is 26.5 Å². The molecule has 3 aromatic carbocycles. The van der Waals surface area contributed by atoms with Crippen LogP contribution in [0.1, 0.15) is 36.6 Å². The number of halogens is 3. The number of fused-ring (bicyclic) bond motifs is 1. The molecular formula is C33H29Cl3N2O7S. The van der Waals surface area contributed by atoms with Gasteiger partial charge in [0.15, 0.2) is 27.8 Å². The number of carbonyl (C=O) groups is 1. The fraction of sp³-hybridized carbons (Fsp3) is 0.242. The van der Waals surface area contributed by atoms with E-state index in [9.17, 15) is 9.59 Å². The molecular weight excluding hydrogens is 675 g/mol. The topological polar surface area (TPSA) is 97.6 Å². The zero-order chi connectivity index (χ0) is 33.0. The SMILES string of the molecule is CCOc1ccc([C@@H]2C(C(=O)OC)=CN=c3s/c(=C\c4cc(Cl)c(OCc5ccc(Cl)c(Cl)c5)c(OC)c4)c(=O)n32)cc1OCC. The third kappa shape index (κ3) is 6.90. The van der Waals surface area contributed by atoms with Gasteiger partial charge in [-0.05, 0) is 73.0 Å². The smallest absolute Gasteiger partial charge is 0.337 e. The quantitative estimate of drug-likeness (QED) is 0.168. The van der Waals surface area contributed by atoms with Crippen molar-refractivity contribution in [3.05, 3.63) is 112 Å². The van der Waals surface area contributed by atoms with Crippen LogP contribution in [0.4, 0.5) is 0 Å². The van der Waals surface area contributed by atoms with Crippen LogP contribution in [0.15, 0.2) is 70.1 Å². The summed E-state index contributed by atoms with van der Waals surface area (Å²) >= 11 is 20.0. The lowest BCUT2D eigenvalue weighted by atomic mass is 9.97. The van der Waals surface area contributed by atoms with Gasteiger partial charge in [0, 0.05) is 6.20 Å². The Morgan fingerprint density at radius 3 is 2.37 bits per heavy atom. The first-order valence-corrected chi connectivity index (χ1v) is 16.1. The lowest BCUT2D eigenvalue weighted by molar-refractivity contribution is -0.136. The van der Waals surface area contributed by atoms with Gasteiger partial charge in [-0.2, -0.15) is 0 Å². The second kappa shape index (κ2) is 14.6. The highest BCUT2D eigenvalue weighted by Gasteiger charge is 2.31. The van der Waals surface area contributed by atoms with Gasteiger partial charge >= 0.3 is 5.97 Å². The number of nitrogens with zero attached hydrogens (tertiary/aromatic N) is 2. The summed E-state index contributed by atoms with van der Waals surface area (Å²) in [5.74, 6) is 1.14. The summed E-state index contributed by atoms with van der Waals surface area (Å²) in [6.07, 6.45) is 3.12. The molecule has 0 aliphatic carbocycles. The van der Waals surface area contributed by atoms with Gasteiger partial charge in [0.25, 0.3) is 5.56 Å². The number of hydrogen-bond donors (Lipinski definition) is 0. The number of thiazole rings is 1. The minimum Gasteiger partial charge on any atom is -0.493 e. The van der Waals surface area contributed by atoms with Gasteiger partial charge in [-0.1, -0.05) is 58.3 Å². The number of ether oxygens (including phenoxy) is 5. The first kappa shape index (κ1) is 33.4. The molecule has 46 heavy (non-hydrogen) atoms. The molecule has 0 unspecified atom stereocenters. The number of hydrogen-bond acceptors (Lipinski definition) is 9. The van der Waals surface area contributed by atoms with E-state index in [0.717, 1.165) is 5.56 Å². The molecule has 1 aromatic heterocycles. The van der Waals surface area contributed by atoms with Crippen molar-refractivity contribution in [1.82, 2.24) is 4.57 Å². The first-order chi connectivity index (χ1) is 22.2. The Labute approximate surface area is 283 Å². The van der Waals surface area contributed by atoms with Gasteiger partial charge in [0.05, 0.1) is 58.6 Å². The van der Waals surface area contributed by atoms with Gasteiger partial charge in [-0.25, -0.2) is 9.79 Å². The highest BCUT2D eigenvalue weighted by Crippen LogP contribution is 2.38. The van der Waals surface area contributed by atoms with E-state index in [1.165, 1.54) is 36.3 Å². The number of methoxy groups -OCH3 is 2. The molecule has 0 N–H and O–H groups in total. The molecule has 1 aliphatic rings. The minimum absolute atomic E-state index is 0.171. The van der Waals surface area contributed by atoms with Gasteiger partial charge in [0.2, 0.25) is 0 Å². The van der Waals surface area contributed by atoms with Gasteiger partial charge < -0.3 is 23.7 Å². The molecule has 4 aromatic rings. The number of rotatable bonds is 11. The van der Waals surface area contributed by atoms with Gasteiger partial charge in [-0.15, -0.1) is 0 Å². The van der Waals surface area contributed by atoms with Gasteiger partial charge in [0.1, 0.15) is 6.61 Å². The van der Waals surface area contributed by atoms with Crippen LogP contribution in [-0.4, -0.2) is 38.0 Å². The number of benzene rings is 3. The van der Waals surface area contributed by atoms with Crippen molar-refractivity contribution in [3.63, 3.8) is 0 Å². The summed E-state index contributed by atoms with van der Waals surface area (Å²) < 4.78 is 30.0. The standard InChI is InChI=1S/C33H29Cl3N2O7S/c1-5-43-25-10-8-20(15-26(25)44-6-2)29-21(32(40)42-4)16-37-33-38(29)31(39)28(46-33)14-19-12-24(36)30(27(13-19)41-3)45-17-18-7-9-22(34)23(35)11-18/h7-16,29H,5-6,17H2,1-4H3/b28-14-/t29-/m1/s1. The fourth-order valence-corrected chi connectivity index (χ4v) is 6.45. The maximum absolute atomic E-state index is 14.0. The van der Waals surface area contributed by atoms with Crippen molar-refractivity contribution in [2.24, 2.45) is 4.99 Å². The van der Waals surface area contributed by atoms with Crippen LogP contribution in [0.2, 0.25) is 15.1 Å². The van der Waals surface area contributed by atoms with E-state index >= 15 is 0 Å². The van der Waals surface area contributed by atoms with Gasteiger partial charge in [-0.3, -0.25) is 9.36 Å². The Hall–Kier alpha value is -3.96. The zero-order valence-corrected chi connectivity index (χ0v) is 28.4. The highest BCUT2D eigenvalue weighted by molar-refractivity contribution is 7.07. The van der Waals surface area contributed by atoms with Crippen LogP contribution in [0.3, 0.4) is 0 Å². The molecule has 2 heterocycles. The maximum Gasteiger partial charge on any atom is 0.337 e. The van der Waals surface area contributed by atoms with Crippen LogP contribution in [-0.2, 0) is 16.1 Å². The second-order valence-corrected chi connectivity index (χ2v) is 12.1. The molecule has 13 heteroatoms. The molecule has 0 fully saturated rings. The predicted molar refractivity (Wildman–Crippen MR) is 179 cm³/mol. The number of esters is 1. The summed E-state index contributed by atoms with van der Waals surface area (Å²) in [5, 5.41) is 1.14. The second-order valence-electron chi connectivity index (χ2n) is 9.82. The molecule has 240 valence electrons. The molecule has 0 spiro atoms. The predicted octanol–water partition coefficient (Wildman–Crippen LogP) is 6.36. The van der Waals surface area contributed by atoms with Crippen molar-refractivity contribution < 1.29 is 28.5 Å². The third-order valence-electron chi connectivity index (χ3n) is 6.92. The van der Waals surface area contributed by atoms with E-state index in [1.807, 2.05) is 13.8 Å². The van der Waals surface area contributed by atoms with Crippen LogP contribution >= 0.6 is 46.1 Å². The molecule has 9 nitrogen and oxygen atoms in total. The van der Waals surface area contributed by atoms with E-state index in [0.29, 0.717) is 66.7 Å². The molecule has 0 saturated heterocycles. The Kier molecular flexibility index (Phi) is 10.6. The molecule has 0 radical (unpaired) electrons. The molecule has 1 atom stereocenters. The van der Waals surface area contributed by atoms with E-state index in [-0.39, 0.29) is 22.8 Å². The number of aromatic nitrogens is 1. The monoisotopic (exact) mass is 702 g/mol. The Morgan fingerprint density at radius 1 is 0.913 bits per heavy atom. The van der Waals surface area contributed by atoms with E-state index in [1.54, 1.807) is 54.6 Å². The van der Waals surface area contributed by atoms with Crippen LogP contribution < -0.4 is 33.8 Å². The first-order valence-electron chi connectivity index (χ1n) is 14.1. The Balaban J connectivity index is 1.55. The largest absolute Gasteiger partial charge is 0.493 e. The van der Waals surface area contributed by atoms with E-state index in [2.05, 4.69) is 4.99 Å². The summed E-state index contributed by atoms with van der Waals surface area (Å²) in [6.45, 7) is 4.75. The molecule has 5 rings (SSSR count). The van der Waals surface area contributed by atoms with E-state index < -0.39 is 12.0 Å². The molecule has 1 aliphatic heterocycles. The van der Waals surface area contributed by atoms with Crippen LogP contribution in [0.25, 0.3) is 6.08 Å². The highest BCUT2D eigenvalue weighted by atomic mass is 35.5. The van der Waals surface area contributed by atoms with Crippen molar-refractivity contribution >= 4 is 58.2 Å². The van der Waals surface area contributed by atoms with Crippen molar-refractivity contribution in [2.75, 3.05) is 27.4 Å². The zero-order valence-electron chi connectivity index (χ0n) is 25.3. The summed E-state index contributed by atoms with van der Waals surface area (Å²) in [4.78, 5) is 31.7. The summed E-state index contributed by atoms with van der Waals surface area (Å²) in [6, 6.07) is 13.1. The average molecular weight is 704 g/mol. The van der Waals surface area contributed by atoms with Crippen LogP contribution in [0.5, 0.6) is 23.0 Å². The lowest BCUT2D eigenvalue weighted by Gasteiger charge is -2.23. The molecule has 0 saturated carbocycles. The van der Waals surface area contributed by atoms with E-state index in [4.69, 9.17) is 58.5 Å². The molecule has 0 bridgehead atoms.